The maximum Gasteiger partial charge on any atom is 0.163 e. The van der Waals surface area contributed by atoms with Crippen LogP contribution < -0.4 is 4.74 Å². The molecule has 1 fully saturated rings. The van der Waals surface area contributed by atoms with E-state index in [4.69, 9.17) is 4.74 Å². The zero-order valence-corrected chi connectivity index (χ0v) is 16.5. The van der Waals surface area contributed by atoms with Crippen molar-refractivity contribution in [2.75, 3.05) is 0 Å². The number of hydrogen-bond donors (Lipinski definition) is 1. The Morgan fingerprint density at radius 3 is 2.41 bits per heavy atom. The molecule has 2 aliphatic carbocycles. The maximum absolute atomic E-state index is 13.2. The predicted octanol–water partition coefficient (Wildman–Crippen LogP) is 4.74. The van der Waals surface area contributed by atoms with E-state index in [0.29, 0.717) is 24.8 Å². The van der Waals surface area contributed by atoms with Crippen LogP contribution in [0.3, 0.4) is 0 Å². The second-order valence-electron chi connectivity index (χ2n) is 10.0. The number of hydrogen-bond acceptors (Lipinski definition) is 4. The van der Waals surface area contributed by atoms with Gasteiger partial charge in [-0.25, -0.2) is 0 Å². The smallest absolute Gasteiger partial charge is 0.163 e. The van der Waals surface area contributed by atoms with Crippen LogP contribution in [0.2, 0.25) is 0 Å². The number of fused-ring (bicyclic) bond motifs is 2. The molecular weight excluding hydrogens is 340 g/mol. The van der Waals surface area contributed by atoms with Crippen LogP contribution >= 0.6 is 0 Å². The van der Waals surface area contributed by atoms with Gasteiger partial charge in [-0.2, -0.15) is 0 Å². The molecule has 3 unspecified atom stereocenters. The average Bonchev–Trinajstić information content (AvgIpc) is 2.50. The van der Waals surface area contributed by atoms with Crippen molar-refractivity contribution >= 4 is 11.6 Å². The molecule has 144 valence electrons. The first kappa shape index (κ1) is 18.3. The summed E-state index contributed by atoms with van der Waals surface area (Å²) in [4.78, 5) is 26.2. The number of ketones is 2. The highest BCUT2D eigenvalue weighted by molar-refractivity contribution is 6.00. The molecule has 0 amide bonds. The highest BCUT2D eigenvalue weighted by Gasteiger charge is 2.52. The minimum absolute atomic E-state index is 0.0400. The summed E-state index contributed by atoms with van der Waals surface area (Å²) in [5, 5.41) is 10.8. The van der Waals surface area contributed by atoms with E-state index in [0.717, 1.165) is 17.7 Å². The summed E-state index contributed by atoms with van der Waals surface area (Å²) in [6.45, 7) is 8.16. The predicted molar refractivity (Wildman–Crippen MR) is 103 cm³/mol. The Balaban J connectivity index is 1.87. The lowest BCUT2D eigenvalue weighted by Crippen LogP contribution is -2.50. The van der Waals surface area contributed by atoms with Gasteiger partial charge in [0.25, 0.3) is 0 Å². The third kappa shape index (κ3) is 3.09. The molecule has 0 bridgehead atoms. The summed E-state index contributed by atoms with van der Waals surface area (Å²) in [5.74, 6) is 0.152. The van der Waals surface area contributed by atoms with Gasteiger partial charge in [0.15, 0.2) is 5.78 Å². The molecule has 1 saturated carbocycles. The van der Waals surface area contributed by atoms with Gasteiger partial charge < -0.3 is 9.84 Å². The SMILES string of the molecule is CC1(C)CC(=O)C(C2c3ccccc3OC3CC(C)(C)CC(=O)C32)=C(O)C1. The van der Waals surface area contributed by atoms with Crippen molar-refractivity contribution in [3.63, 3.8) is 0 Å². The molecule has 0 aromatic heterocycles. The van der Waals surface area contributed by atoms with Crippen LogP contribution in [0.4, 0.5) is 0 Å². The monoisotopic (exact) mass is 368 g/mol. The van der Waals surface area contributed by atoms with E-state index < -0.39 is 11.8 Å². The molecule has 1 N–H and O–H groups in total. The van der Waals surface area contributed by atoms with Gasteiger partial charge >= 0.3 is 0 Å². The van der Waals surface area contributed by atoms with Gasteiger partial charge in [-0.1, -0.05) is 45.9 Å². The molecule has 1 aliphatic heterocycles. The molecule has 1 aromatic carbocycles. The number of carbonyl (C=O) groups excluding carboxylic acids is 2. The molecule has 1 heterocycles. The van der Waals surface area contributed by atoms with Crippen LogP contribution in [0.5, 0.6) is 5.75 Å². The molecule has 0 saturated heterocycles. The highest BCUT2D eigenvalue weighted by Crippen LogP contribution is 2.53. The Kier molecular flexibility index (Phi) is 4.03. The van der Waals surface area contributed by atoms with Crippen molar-refractivity contribution in [3.05, 3.63) is 41.2 Å². The first-order valence-electron chi connectivity index (χ1n) is 9.81. The number of Topliss-reactive ketones (excluding diaryl/α,β-unsaturated/α-hetero) is 2. The number of carbonyl (C=O) groups is 2. The Labute approximate surface area is 160 Å². The fourth-order valence-corrected chi connectivity index (χ4v) is 5.25. The number of aliphatic hydroxyl groups is 1. The van der Waals surface area contributed by atoms with E-state index in [1.54, 1.807) is 0 Å². The minimum Gasteiger partial charge on any atom is -0.512 e. The zero-order chi connectivity index (χ0) is 19.6. The Morgan fingerprint density at radius 1 is 1.00 bits per heavy atom. The van der Waals surface area contributed by atoms with Crippen LogP contribution in [-0.2, 0) is 9.59 Å². The second kappa shape index (κ2) is 5.95. The number of allylic oxidation sites excluding steroid dienone is 2. The Hall–Kier alpha value is -2.10. The molecule has 4 heteroatoms. The molecule has 3 atom stereocenters. The number of benzene rings is 1. The molecule has 4 rings (SSSR count). The minimum atomic E-state index is -0.410. The molecule has 0 spiro atoms. The highest BCUT2D eigenvalue weighted by atomic mass is 16.5. The van der Waals surface area contributed by atoms with Crippen molar-refractivity contribution in [1.82, 2.24) is 0 Å². The number of para-hydroxylation sites is 1. The van der Waals surface area contributed by atoms with E-state index in [-0.39, 0.29) is 34.3 Å². The number of rotatable bonds is 1. The summed E-state index contributed by atoms with van der Waals surface area (Å²) in [7, 11) is 0. The molecule has 4 nitrogen and oxygen atoms in total. The molecule has 1 aromatic rings. The molecular formula is C23H28O4. The molecule has 27 heavy (non-hydrogen) atoms. The number of aliphatic hydroxyl groups excluding tert-OH is 1. The summed E-state index contributed by atoms with van der Waals surface area (Å²) < 4.78 is 6.24. The average molecular weight is 368 g/mol. The summed E-state index contributed by atoms with van der Waals surface area (Å²) in [5.41, 5.74) is 0.909. The van der Waals surface area contributed by atoms with Gasteiger partial charge in [0.2, 0.25) is 0 Å². The first-order chi connectivity index (χ1) is 12.6. The summed E-state index contributed by atoms with van der Waals surface area (Å²) in [6, 6.07) is 7.64. The van der Waals surface area contributed by atoms with Gasteiger partial charge in [-0.3, -0.25) is 9.59 Å². The van der Waals surface area contributed by atoms with Crippen molar-refractivity contribution < 1.29 is 19.4 Å². The van der Waals surface area contributed by atoms with E-state index in [1.165, 1.54) is 0 Å². The van der Waals surface area contributed by atoms with Crippen molar-refractivity contribution in [2.45, 2.75) is 65.4 Å². The van der Waals surface area contributed by atoms with Gasteiger partial charge in [0.05, 0.1) is 5.92 Å². The lowest BCUT2D eigenvalue weighted by Gasteiger charge is -2.47. The Morgan fingerprint density at radius 2 is 1.70 bits per heavy atom. The van der Waals surface area contributed by atoms with Crippen molar-refractivity contribution in [1.29, 1.82) is 0 Å². The number of ether oxygens (including phenoxy) is 1. The lowest BCUT2D eigenvalue weighted by molar-refractivity contribution is -0.135. The summed E-state index contributed by atoms with van der Waals surface area (Å²) in [6.07, 6.45) is 1.84. The topological polar surface area (TPSA) is 63.6 Å². The second-order valence-corrected chi connectivity index (χ2v) is 10.0. The van der Waals surface area contributed by atoms with Crippen LogP contribution in [-0.4, -0.2) is 22.8 Å². The quantitative estimate of drug-likeness (QED) is 0.778. The first-order valence-corrected chi connectivity index (χ1v) is 9.81. The zero-order valence-electron chi connectivity index (χ0n) is 16.5. The van der Waals surface area contributed by atoms with E-state index in [9.17, 15) is 14.7 Å². The van der Waals surface area contributed by atoms with Crippen molar-refractivity contribution in [2.24, 2.45) is 16.7 Å². The third-order valence-corrected chi connectivity index (χ3v) is 6.28. The third-order valence-electron chi connectivity index (χ3n) is 6.28. The summed E-state index contributed by atoms with van der Waals surface area (Å²) >= 11 is 0. The van der Waals surface area contributed by atoms with Crippen molar-refractivity contribution in [3.8, 4) is 5.75 Å². The van der Waals surface area contributed by atoms with Gasteiger partial charge in [0.1, 0.15) is 23.4 Å². The maximum atomic E-state index is 13.2. The molecule has 0 radical (unpaired) electrons. The van der Waals surface area contributed by atoms with Crippen LogP contribution in [0, 0.1) is 16.7 Å². The van der Waals surface area contributed by atoms with E-state index >= 15 is 0 Å². The fourth-order valence-electron chi connectivity index (χ4n) is 5.25. The molecule has 3 aliphatic rings. The standard InChI is InChI=1S/C23H28O4/c1-22(2)9-14(24)20(15(25)10-22)19-13-7-5-6-8-17(13)27-18-12-23(3,4)11-16(26)21(18)19/h5-8,18-19,21,24H,9-12H2,1-4H3. The van der Waals surface area contributed by atoms with Crippen LogP contribution in [0.25, 0.3) is 0 Å². The van der Waals surface area contributed by atoms with Crippen LogP contribution in [0.15, 0.2) is 35.6 Å². The van der Waals surface area contributed by atoms with E-state index in [2.05, 4.69) is 13.8 Å². The van der Waals surface area contributed by atoms with Gasteiger partial charge in [0, 0.05) is 36.3 Å². The van der Waals surface area contributed by atoms with Gasteiger partial charge in [-0.15, -0.1) is 0 Å². The normalized spacial score (nSPS) is 31.8. The van der Waals surface area contributed by atoms with Gasteiger partial charge in [-0.05, 0) is 23.3 Å². The van der Waals surface area contributed by atoms with Crippen LogP contribution in [0.1, 0.15) is 64.9 Å². The lowest BCUT2D eigenvalue weighted by atomic mass is 9.61. The fraction of sp³-hybridized carbons (Fsp3) is 0.565. The largest absolute Gasteiger partial charge is 0.512 e. The van der Waals surface area contributed by atoms with E-state index in [1.807, 2.05) is 38.1 Å². The Bertz CT molecular complexity index is 846.